The van der Waals surface area contributed by atoms with Crippen molar-refractivity contribution < 1.29 is 9.53 Å². The van der Waals surface area contributed by atoms with E-state index >= 15 is 0 Å². The largest absolute Gasteiger partial charge is 0.497 e. The maximum absolute atomic E-state index is 11.0. The van der Waals surface area contributed by atoms with Crippen LogP contribution in [0.2, 0.25) is 0 Å². The van der Waals surface area contributed by atoms with Gasteiger partial charge in [0.25, 0.3) is 0 Å². The normalized spacial score (nSPS) is 24.6. The van der Waals surface area contributed by atoms with Gasteiger partial charge in [-0.25, -0.2) is 0 Å². The molecule has 0 bridgehead atoms. The molecule has 0 saturated heterocycles. The summed E-state index contributed by atoms with van der Waals surface area (Å²) < 4.78 is 5.31. The number of hydrogen-bond donors (Lipinski definition) is 0. The van der Waals surface area contributed by atoms with Crippen molar-refractivity contribution in [1.82, 2.24) is 0 Å². The van der Waals surface area contributed by atoms with Gasteiger partial charge in [-0.2, -0.15) is 0 Å². The van der Waals surface area contributed by atoms with Crippen LogP contribution in [0.15, 0.2) is 11.3 Å². The Labute approximate surface area is 63.6 Å². The predicted octanol–water partition coefficient (Wildman–Crippen LogP) is 1.32. The van der Waals surface area contributed by atoms with E-state index in [4.69, 9.17) is 4.74 Å². The lowest BCUT2D eigenvalue weighted by Crippen LogP contribution is -2.06. The molecule has 54 valence electrons. The second-order valence-corrected chi connectivity index (χ2v) is 3.38. The van der Waals surface area contributed by atoms with Crippen LogP contribution in [0.3, 0.4) is 0 Å². The van der Waals surface area contributed by atoms with Gasteiger partial charge < -0.3 is 4.74 Å². The molecular formula is C7H8O2S. The molecule has 0 saturated carbocycles. The van der Waals surface area contributed by atoms with Crippen molar-refractivity contribution in [2.75, 3.05) is 12.4 Å². The van der Waals surface area contributed by atoms with Gasteiger partial charge in [-0.1, -0.05) is 11.8 Å². The first-order chi connectivity index (χ1) is 4.88. The lowest BCUT2D eigenvalue weighted by molar-refractivity contribution is -0.108. The van der Waals surface area contributed by atoms with E-state index < -0.39 is 0 Å². The molecule has 0 fully saturated rings. The molecule has 0 spiro atoms. The molecule has 2 aliphatic rings. The second-order valence-electron chi connectivity index (χ2n) is 2.43. The molecule has 0 aliphatic carbocycles. The van der Waals surface area contributed by atoms with Gasteiger partial charge in [0, 0.05) is 5.57 Å². The highest BCUT2D eigenvalue weighted by atomic mass is 32.2. The number of thioether (sulfide) groups is 1. The topological polar surface area (TPSA) is 26.3 Å². The summed E-state index contributed by atoms with van der Waals surface area (Å²) in [7, 11) is 0. The predicted molar refractivity (Wildman–Crippen MR) is 39.7 cm³/mol. The summed E-state index contributed by atoms with van der Waals surface area (Å²) in [6, 6.07) is 0. The average molecular weight is 156 g/mol. The highest BCUT2D eigenvalue weighted by Gasteiger charge is 2.26. The lowest BCUT2D eigenvalue weighted by Gasteiger charge is -2.13. The fourth-order valence-electron chi connectivity index (χ4n) is 1.23. The fraction of sp³-hybridized carbons (Fsp3) is 0.571. The van der Waals surface area contributed by atoms with Crippen molar-refractivity contribution >= 4 is 16.9 Å². The summed E-state index contributed by atoms with van der Waals surface area (Å²) >= 11 is 1.36. The van der Waals surface area contributed by atoms with E-state index in [1.54, 1.807) is 0 Å². The Morgan fingerprint density at radius 1 is 1.50 bits per heavy atom. The van der Waals surface area contributed by atoms with Gasteiger partial charge in [0.15, 0.2) is 0 Å². The molecule has 0 atom stereocenters. The van der Waals surface area contributed by atoms with Gasteiger partial charge in [-0.3, -0.25) is 4.79 Å². The highest BCUT2D eigenvalue weighted by molar-refractivity contribution is 8.14. The summed E-state index contributed by atoms with van der Waals surface area (Å²) in [5.74, 6) is 1.72. The van der Waals surface area contributed by atoms with Gasteiger partial charge in [-0.15, -0.1) is 0 Å². The van der Waals surface area contributed by atoms with Crippen molar-refractivity contribution in [3.05, 3.63) is 11.3 Å². The van der Waals surface area contributed by atoms with Crippen molar-refractivity contribution in [2.45, 2.75) is 12.8 Å². The number of carbonyl (C=O) groups excluding carboxylic acids is 1. The van der Waals surface area contributed by atoms with Gasteiger partial charge in [0.2, 0.25) is 5.12 Å². The zero-order chi connectivity index (χ0) is 6.97. The Morgan fingerprint density at radius 2 is 2.40 bits per heavy atom. The third-order valence-electron chi connectivity index (χ3n) is 1.76. The number of carbonyl (C=O) groups is 1. The Morgan fingerprint density at radius 3 is 3.20 bits per heavy atom. The number of ether oxygens (including phenoxy) is 1. The third-order valence-corrected chi connectivity index (χ3v) is 2.68. The minimum atomic E-state index is 0.231. The SMILES string of the molecule is O=C1SCC2=C1CCCO2. The van der Waals surface area contributed by atoms with Crippen molar-refractivity contribution in [3.63, 3.8) is 0 Å². The van der Waals surface area contributed by atoms with Crippen LogP contribution in [-0.2, 0) is 9.53 Å². The monoisotopic (exact) mass is 156 g/mol. The Kier molecular flexibility index (Phi) is 1.45. The molecule has 2 rings (SSSR count). The van der Waals surface area contributed by atoms with Gasteiger partial charge in [0.1, 0.15) is 5.76 Å². The molecule has 0 amide bonds. The van der Waals surface area contributed by atoms with Gasteiger partial charge in [-0.05, 0) is 12.8 Å². The van der Waals surface area contributed by atoms with Crippen LogP contribution in [0, 0.1) is 0 Å². The molecule has 0 radical (unpaired) electrons. The Hall–Kier alpha value is -0.440. The zero-order valence-corrected chi connectivity index (χ0v) is 6.37. The van der Waals surface area contributed by atoms with Crippen LogP contribution in [0.5, 0.6) is 0 Å². The molecule has 0 aromatic carbocycles. The maximum Gasteiger partial charge on any atom is 0.219 e. The molecule has 10 heavy (non-hydrogen) atoms. The standard InChI is InChI=1S/C7H8O2S/c8-7-5-2-1-3-9-6(5)4-10-7/h1-4H2. The van der Waals surface area contributed by atoms with Crippen molar-refractivity contribution in [3.8, 4) is 0 Å². The number of rotatable bonds is 0. The van der Waals surface area contributed by atoms with Crippen LogP contribution in [-0.4, -0.2) is 17.5 Å². The van der Waals surface area contributed by atoms with E-state index in [9.17, 15) is 4.79 Å². The van der Waals surface area contributed by atoms with Gasteiger partial charge >= 0.3 is 0 Å². The molecule has 0 aromatic rings. The average Bonchev–Trinajstić information content (AvgIpc) is 2.34. The lowest BCUT2D eigenvalue weighted by atomic mass is 10.1. The van der Waals surface area contributed by atoms with Crippen molar-refractivity contribution in [1.29, 1.82) is 0 Å². The maximum atomic E-state index is 11.0. The molecule has 0 N–H and O–H groups in total. The molecule has 2 nitrogen and oxygen atoms in total. The van der Waals surface area contributed by atoms with Crippen LogP contribution in [0.4, 0.5) is 0 Å². The van der Waals surface area contributed by atoms with Gasteiger partial charge in [0.05, 0.1) is 12.4 Å². The summed E-state index contributed by atoms with van der Waals surface area (Å²) in [6.07, 6.45) is 1.94. The van der Waals surface area contributed by atoms with E-state index in [1.165, 1.54) is 11.8 Å². The molecular weight excluding hydrogens is 148 g/mol. The van der Waals surface area contributed by atoms with Crippen molar-refractivity contribution in [2.24, 2.45) is 0 Å². The molecule has 2 heterocycles. The van der Waals surface area contributed by atoms with E-state index in [0.717, 1.165) is 36.5 Å². The first kappa shape index (κ1) is 6.28. The number of hydrogen-bond acceptors (Lipinski definition) is 3. The summed E-state index contributed by atoms with van der Waals surface area (Å²) in [4.78, 5) is 11.0. The van der Waals surface area contributed by atoms with Crippen LogP contribution >= 0.6 is 11.8 Å². The second kappa shape index (κ2) is 2.31. The highest BCUT2D eigenvalue weighted by Crippen LogP contribution is 2.32. The minimum absolute atomic E-state index is 0.231. The Bertz CT molecular complexity index is 208. The van der Waals surface area contributed by atoms with E-state index in [-0.39, 0.29) is 5.12 Å². The molecule has 0 unspecified atom stereocenters. The van der Waals surface area contributed by atoms with Crippen LogP contribution in [0.25, 0.3) is 0 Å². The smallest absolute Gasteiger partial charge is 0.219 e. The van der Waals surface area contributed by atoms with Crippen LogP contribution < -0.4 is 0 Å². The molecule has 3 heteroatoms. The van der Waals surface area contributed by atoms with E-state index in [2.05, 4.69) is 0 Å². The fourth-order valence-corrected chi connectivity index (χ4v) is 2.14. The van der Waals surface area contributed by atoms with E-state index in [0.29, 0.717) is 0 Å². The summed E-state index contributed by atoms with van der Waals surface area (Å²) in [5.41, 5.74) is 0.941. The summed E-state index contributed by atoms with van der Waals surface area (Å²) in [5, 5.41) is 0.231. The van der Waals surface area contributed by atoms with E-state index in [1.807, 2.05) is 0 Å². The Balaban J connectivity index is 2.29. The summed E-state index contributed by atoms with van der Waals surface area (Å²) in [6.45, 7) is 0.798. The van der Waals surface area contributed by atoms with Crippen LogP contribution in [0.1, 0.15) is 12.8 Å². The quantitative estimate of drug-likeness (QED) is 0.529. The third kappa shape index (κ3) is 0.850. The zero-order valence-electron chi connectivity index (χ0n) is 5.55. The minimum Gasteiger partial charge on any atom is -0.497 e. The molecule has 2 aliphatic heterocycles. The molecule has 0 aromatic heterocycles. The first-order valence-corrected chi connectivity index (χ1v) is 4.38. The first-order valence-electron chi connectivity index (χ1n) is 3.40.